The molecule has 1 heterocycles. The predicted octanol–water partition coefficient (Wildman–Crippen LogP) is 3.00. The minimum absolute atomic E-state index is 0.187. The molecule has 1 aromatic heterocycles. The van der Waals surface area contributed by atoms with Gasteiger partial charge in [0.2, 0.25) is 0 Å². The second-order valence-electron chi connectivity index (χ2n) is 2.11. The number of thiophene rings is 1. The van der Waals surface area contributed by atoms with Crippen LogP contribution in [0.5, 0.6) is 0 Å². The van der Waals surface area contributed by atoms with Gasteiger partial charge in [0.15, 0.2) is 6.10 Å². The molecule has 1 nitrogen and oxygen atoms in total. The van der Waals surface area contributed by atoms with E-state index in [4.69, 9.17) is 16.7 Å². The van der Waals surface area contributed by atoms with Crippen molar-refractivity contribution in [1.29, 1.82) is 0 Å². The van der Waals surface area contributed by atoms with Gasteiger partial charge in [0.05, 0.1) is 5.02 Å². The van der Waals surface area contributed by atoms with E-state index in [1.54, 1.807) is 0 Å². The van der Waals surface area contributed by atoms with Gasteiger partial charge in [-0.15, -0.1) is 11.3 Å². The van der Waals surface area contributed by atoms with Crippen LogP contribution in [0.1, 0.15) is 11.0 Å². The highest BCUT2D eigenvalue weighted by Crippen LogP contribution is 2.36. The molecular weight excluding hydrogens is 213 g/mol. The highest BCUT2D eigenvalue weighted by Gasteiger charge is 2.40. The van der Waals surface area contributed by atoms with Crippen molar-refractivity contribution in [1.82, 2.24) is 0 Å². The molecule has 0 radical (unpaired) electrons. The average molecular weight is 217 g/mol. The van der Waals surface area contributed by atoms with Crippen LogP contribution < -0.4 is 0 Å². The zero-order chi connectivity index (χ0) is 9.35. The predicted molar refractivity (Wildman–Crippen MR) is 40.3 cm³/mol. The lowest BCUT2D eigenvalue weighted by molar-refractivity contribution is -0.205. The monoisotopic (exact) mass is 216 g/mol. The third kappa shape index (κ3) is 2.12. The summed E-state index contributed by atoms with van der Waals surface area (Å²) in [5.41, 5.74) is 0. The molecular formula is C6H4ClF3OS. The Hall–Kier alpha value is -0.260. The quantitative estimate of drug-likeness (QED) is 0.765. The fourth-order valence-corrected chi connectivity index (χ4v) is 1.72. The van der Waals surface area contributed by atoms with Crippen LogP contribution >= 0.6 is 22.9 Å². The van der Waals surface area contributed by atoms with E-state index in [1.807, 2.05) is 0 Å². The minimum Gasteiger partial charge on any atom is -0.379 e. The summed E-state index contributed by atoms with van der Waals surface area (Å²) in [5.74, 6) is 0. The van der Waals surface area contributed by atoms with Crippen molar-refractivity contribution in [3.63, 3.8) is 0 Å². The maximum atomic E-state index is 11.9. The Bertz CT molecular complexity index is 270. The Labute approximate surface area is 75.4 Å². The van der Waals surface area contributed by atoms with E-state index in [2.05, 4.69) is 0 Å². The third-order valence-electron chi connectivity index (χ3n) is 1.17. The summed E-state index contributed by atoms with van der Waals surface area (Å²) in [4.78, 5) is -0.187. The summed E-state index contributed by atoms with van der Waals surface area (Å²) in [7, 11) is 0. The highest BCUT2D eigenvalue weighted by molar-refractivity contribution is 7.10. The molecule has 0 amide bonds. The van der Waals surface area contributed by atoms with Crippen molar-refractivity contribution in [2.75, 3.05) is 0 Å². The number of alkyl halides is 3. The number of aliphatic hydroxyl groups excluding tert-OH is 1. The van der Waals surface area contributed by atoms with Crippen LogP contribution in [0.15, 0.2) is 11.4 Å². The second-order valence-corrected chi connectivity index (χ2v) is 3.49. The molecule has 0 aromatic carbocycles. The molecule has 0 aliphatic carbocycles. The van der Waals surface area contributed by atoms with E-state index in [0.29, 0.717) is 0 Å². The molecule has 0 aliphatic heterocycles. The third-order valence-corrected chi connectivity index (χ3v) is 2.50. The fraction of sp³-hybridized carbons (Fsp3) is 0.333. The molecule has 0 bridgehead atoms. The lowest BCUT2D eigenvalue weighted by Crippen LogP contribution is -2.18. The van der Waals surface area contributed by atoms with Gasteiger partial charge >= 0.3 is 6.18 Å². The van der Waals surface area contributed by atoms with E-state index in [0.717, 1.165) is 17.4 Å². The first-order valence-corrected chi connectivity index (χ1v) is 4.15. The van der Waals surface area contributed by atoms with Gasteiger partial charge in [0, 0.05) is 10.3 Å². The zero-order valence-corrected chi connectivity index (χ0v) is 7.17. The first-order valence-electron chi connectivity index (χ1n) is 2.90. The van der Waals surface area contributed by atoms with Crippen LogP contribution in [0.2, 0.25) is 5.02 Å². The molecule has 6 heteroatoms. The van der Waals surface area contributed by atoms with E-state index in [-0.39, 0.29) is 9.90 Å². The summed E-state index contributed by atoms with van der Waals surface area (Å²) >= 11 is 6.17. The van der Waals surface area contributed by atoms with Crippen molar-refractivity contribution in [2.45, 2.75) is 12.3 Å². The van der Waals surface area contributed by atoms with Gasteiger partial charge < -0.3 is 5.11 Å². The van der Waals surface area contributed by atoms with Gasteiger partial charge in [-0.25, -0.2) is 0 Å². The number of hydrogen-bond acceptors (Lipinski definition) is 2. The normalized spacial score (nSPS) is 14.8. The smallest absolute Gasteiger partial charge is 0.379 e. The van der Waals surface area contributed by atoms with Gasteiger partial charge in [0.1, 0.15) is 0 Å². The van der Waals surface area contributed by atoms with Gasteiger partial charge in [0.25, 0.3) is 0 Å². The topological polar surface area (TPSA) is 20.2 Å². The summed E-state index contributed by atoms with van der Waals surface area (Å²) in [6.45, 7) is 0. The Balaban J connectivity index is 2.85. The molecule has 68 valence electrons. The van der Waals surface area contributed by atoms with Crippen molar-refractivity contribution >= 4 is 22.9 Å². The summed E-state index contributed by atoms with van der Waals surface area (Å²) in [5, 5.41) is 10.2. The van der Waals surface area contributed by atoms with Gasteiger partial charge in [-0.05, 0) is 6.07 Å². The molecule has 1 N–H and O–H groups in total. The van der Waals surface area contributed by atoms with Crippen molar-refractivity contribution in [3.8, 4) is 0 Å². The molecule has 12 heavy (non-hydrogen) atoms. The minimum atomic E-state index is -4.62. The zero-order valence-electron chi connectivity index (χ0n) is 5.60. The molecule has 0 saturated carbocycles. The largest absolute Gasteiger partial charge is 0.419 e. The van der Waals surface area contributed by atoms with Gasteiger partial charge in [-0.2, -0.15) is 13.2 Å². The Kier molecular flexibility index (Phi) is 2.65. The van der Waals surface area contributed by atoms with Crippen LogP contribution in [0.3, 0.4) is 0 Å². The first-order chi connectivity index (χ1) is 5.41. The Morgan fingerprint density at radius 1 is 1.50 bits per heavy atom. The first kappa shape index (κ1) is 9.83. The molecule has 1 aromatic rings. The summed E-state index contributed by atoms with van der Waals surface area (Å²) < 4.78 is 35.6. The number of aliphatic hydroxyl groups is 1. The Morgan fingerprint density at radius 3 is 2.42 bits per heavy atom. The van der Waals surface area contributed by atoms with E-state index < -0.39 is 12.3 Å². The summed E-state index contributed by atoms with van der Waals surface area (Å²) in [6, 6.07) is 1.10. The molecule has 1 atom stereocenters. The SMILES string of the molecule is OC(c1cc(Cl)cs1)C(F)(F)F. The molecule has 0 spiro atoms. The van der Waals surface area contributed by atoms with E-state index in [9.17, 15) is 13.2 Å². The maximum Gasteiger partial charge on any atom is 0.419 e. The van der Waals surface area contributed by atoms with Gasteiger partial charge in [-0.3, -0.25) is 0 Å². The highest BCUT2D eigenvalue weighted by atomic mass is 35.5. The second kappa shape index (κ2) is 3.24. The van der Waals surface area contributed by atoms with Crippen molar-refractivity contribution in [3.05, 3.63) is 21.3 Å². The standard InChI is InChI=1S/C6H4ClF3OS/c7-3-1-4(12-2-3)5(11)6(8,9)10/h1-2,5,11H. The number of rotatable bonds is 1. The molecule has 1 rings (SSSR count). The van der Waals surface area contributed by atoms with Crippen LogP contribution in [0.4, 0.5) is 13.2 Å². The summed E-state index contributed by atoms with van der Waals surface area (Å²) in [6.07, 6.45) is -7.04. The van der Waals surface area contributed by atoms with E-state index in [1.165, 1.54) is 5.38 Å². The maximum absolute atomic E-state index is 11.9. The van der Waals surface area contributed by atoms with Crippen molar-refractivity contribution < 1.29 is 18.3 Å². The van der Waals surface area contributed by atoms with Crippen LogP contribution in [-0.4, -0.2) is 11.3 Å². The van der Waals surface area contributed by atoms with Gasteiger partial charge in [-0.1, -0.05) is 11.6 Å². The number of hydrogen-bond donors (Lipinski definition) is 1. The number of halogens is 4. The molecule has 0 aliphatic rings. The van der Waals surface area contributed by atoms with E-state index >= 15 is 0 Å². The van der Waals surface area contributed by atoms with Crippen LogP contribution in [0, 0.1) is 0 Å². The van der Waals surface area contributed by atoms with Crippen LogP contribution in [0.25, 0.3) is 0 Å². The molecule has 0 fully saturated rings. The average Bonchev–Trinajstić information content (AvgIpc) is 2.32. The lowest BCUT2D eigenvalue weighted by Gasteiger charge is -2.11. The lowest BCUT2D eigenvalue weighted by atomic mass is 10.3. The Morgan fingerprint density at radius 2 is 2.08 bits per heavy atom. The molecule has 0 saturated heterocycles. The van der Waals surface area contributed by atoms with Crippen LogP contribution in [-0.2, 0) is 0 Å². The fourth-order valence-electron chi connectivity index (χ4n) is 0.633. The molecule has 1 unspecified atom stereocenters. The van der Waals surface area contributed by atoms with Crippen molar-refractivity contribution in [2.24, 2.45) is 0 Å².